The van der Waals surface area contributed by atoms with Gasteiger partial charge in [0.1, 0.15) is 12.4 Å². The number of ether oxygens (including phenoxy) is 1. The maximum Gasteiger partial charge on any atom is 0.228 e. The Hall–Kier alpha value is -2.04. The Morgan fingerprint density at radius 1 is 1.15 bits per heavy atom. The molecule has 2 aliphatic rings. The predicted molar refractivity (Wildman–Crippen MR) is 110 cm³/mol. The largest absolute Gasteiger partial charge is 0.489 e. The van der Waals surface area contributed by atoms with Crippen molar-refractivity contribution in [3.63, 3.8) is 0 Å². The molecule has 4 rings (SSSR count). The Labute approximate surface area is 167 Å². The van der Waals surface area contributed by atoms with Gasteiger partial charge in [-0.3, -0.25) is 4.79 Å². The van der Waals surface area contributed by atoms with Crippen LogP contribution in [-0.2, 0) is 11.4 Å². The molecule has 2 aromatic carbocycles. The summed E-state index contributed by atoms with van der Waals surface area (Å²) in [6.45, 7) is 4.62. The van der Waals surface area contributed by atoms with Gasteiger partial charge in [-0.2, -0.15) is 0 Å². The Morgan fingerprint density at radius 3 is 2.63 bits per heavy atom. The van der Waals surface area contributed by atoms with Crippen molar-refractivity contribution in [3.05, 3.63) is 59.7 Å². The van der Waals surface area contributed by atoms with E-state index in [9.17, 15) is 4.79 Å². The lowest BCUT2D eigenvalue weighted by Gasteiger charge is -2.23. The molecule has 5 heteroatoms. The summed E-state index contributed by atoms with van der Waals surface area (Å²) in [5.74, 6) is 1.21. The molecule has 1 amide bonds. The molecule has 2 fully saturated rings. The third-order valence-corrected chi connectivity index (χ3v) is 5.95. The predicted octanol–water partition coefficient (Wildman–Crippen LogP) is 4.32. The Bertz CT molecular complexity index is 788. The molecule has 0 bridgehead atoms. The van der Waals surface area contributed by atoms with Gasteiger partial charge in [-0.1, -0.05) is 30.3 Å². The third-order valence-electron chi connectivity index (χ3n) is 5.95. The average molecular weight is 387 g/mol. The fourth-order valence-electron chi connectivity index (χ4n) is 4.07. The van der Waals surface area contributed by atoms with Crippen molar-refractivity contribution in [2.24, 2.45) is 11.3 Å². The molecule has 1 heterocycles. The molecule has 1 saturated heterocycles. The Kier molecular flexibility index (Phi) is 6.08. The standard InChI is InChI=1S/C22H26N2O2.ClH/c1-16-17(15-26-18-7-3-2-4-8-18)6-5-9-20(16)24-21(25)19-14-22(19)10-12-23-13-11-22;/h2-9,19,23H,10-15H2,1H3,(H,24,25);1H. The van der Waals surface area contributed by atoms with Crippen LogP contribution in [-0.4, -0.2) is 19.0 Å². The molecular formula is C22H27ClN2O2. The maximum atomic E-state index is 12.7. The minimum Gasteiger partial charge on any atom is -0.489 e. The van der Waals surface area contributed by atoms with Gasteiger partial charge in [0.2, 0.25) is 5.91 Å². The summed E-state index contributed by atoms with van der Waals surface area (Å²) in [6, 6.07) is 15.8. The van der Waals surface area contributed by atoms with E-state index in [1.165, 1.54) is 0 Å². The molecule has 2 N–H and O–H groups in total. The molecule has 2 aromatic rings. The molecule has 1 atom stereocenters. The van der Waals surface area contributed by atoms with Gasteiger partial charge < -0.3 is 15.4 Å². The van der Waals surface area contributed by atoms with E-state index in [1.54, 1.807) is 0 Å². The molecule has 1 unspecified atom stereocenters. The van der Waals surface area contributed by atoms with Crippen molar-refractivity contribution < 1.29 is 9.53 Å². The van der Waals surface area contributed by atoms with E-state index in [1.807, 2.05) is 49.4 Å². The van der Waals surface area contributed by atoms with Crippen LogP contribution < -0.4 is 15.4 Å². The van der Waals surface area contributed by atoms with Crippen LogP contribution in [0.25, 0.3) is 0 Å². The normalized spacial score (nSPS) is 19.8. The lowest BCUT2D eigenvalue weighted by Crippen LogP contribution is -2.31. The summed E-state index contributed by atoms with van der Waals surface area (Å²) >= 11 is 0. The van der Waals surface area contributed by atoms with Crippen LogP contribution >= 0.6 is 12.4 Å². The number of amides is 1. The van der Waals surface area contributed by atoms with E-state index in [-0.39, 0.29) is 29.6 Å². The number of nitrogens with one attached hydrogen (secondary N) is 2. The number of rotatable bonds is 5. The maximum absolute atomic E-state index is 12.7. The number of anilines is 1. The molecule has 27 heavy (non-hydrogen) atoms. The second kappa shape index (κ2) is 8.32. The van der Waals surface area contributed by atoms with E-state index in [0.29, 0.717) is 6.61 Å². The van der Waals surface area contributed by atoms with Gasteiger partial charge in [-0.05, 0) is 74.0 Å². The van der Waals surface area contributed by atoms with Gasteiger partial charge in [0.05, 0.1) is 0 Å². The summed E-state index contributed by atoms with van der Waals surface area (Å²) in [5, 5.41) is 6.56. The van der Waals surface area contributed by atoms with Crippen molar-refractivity contribution >= 4 is 24.0 Å². The van der Waals surface area contributed by atoms with Gasteiger partial charge in [-0.15, -0.1) is 12.4 Å². The molecule has 1 spiro atoms. The van der Waals surface area contributed by atoms with Gasteiger partial charge in [-0.25, -0.2) is 0 Å². The number of hydrogen-bond donors (Lipinski definition) is 2. The molecule has 1 aliphatic heterocycles. The van der Waals surface area contributed by atoms with Crippen LogP contribution in [0.2, 0.25) is 0 Å². The number of hydrogen-bond acceptors (Lipinski definition) is 3. The van der Waals surface area contributed by atoms with Crippen LogP contribution in [0, 0.1) is 18.3 Å². The van der Waals surface area contributed by atoms with Crippen LogP contribution in [0.4, 0.5) is 5.69 Å². The number of carbonyl (C=O) groups is 1. The molecule has 144 valence electrons. The first-order valence-corrected chi connectivity index (χ1v) is 9.46. The SMILES string of the molecule is Cc1c(COc2ccccc2)cccc1NC(=O)C1CC12CCNCC2.Cl. The second-order valence-corrected chi connectivity index (χ2v) is 7.55. The van der Waals surface area contributed by atoms with Crippen molar-refractivity contribution in [2.75, 3.05) is 18.4 Å². The van der Waals surface area contributed by atoms with Gasteiger partial charge in [0.15, 0.2) is 0 Å². The minimum absolute atomic E-state index is 0. The highest BCUT2D eigenvalue weighted by Gasteiger charge is 2.57. The Balaban J connectivity index is 0.00000210. The molecule has 1 saturated carbocycles. The van der Waals surface area contributed by atoms with Crippen LogP contribution in [0.5, 0.6) is 5.75 Å². The highest BCUT2D eigenvalue weighted by molar-refractivity contribution is 5.95. The lowest BCUT2D eigenvalue weighted by molar-refractivity contribution is -0.118. The summed E-state index contributed by atoms with van der Waals surface area (Å²) in [6.07, 6.45) is 3.28. The zero-order valence-electron chi connectivity index (χ0n) is 15.7. The summed E-state index contributed by atoms with van der Waals surface area (Å²) in [5.41, 5.74) is 3.34. The summed E-state index contributed by atoms with van der Waals surface area (Å²) in [7, 11) is 0. The van der Waals surface area contributed by atoms with Gasteiger partial charge in [0, 0.05) is 11.6 Å². The second-order valence-electron chi connectivity index (χ2n) is 7.55. The molecule has 1 aliphatic carbocycles. The highest BCUT2D eigenvalue weighted by Crippen LogP contribution is 2.58. The van der Waals surface area contributed by atoms with Crippen molar-refractivity contribution in [1.82, 2.24) is 5.32 Å². The minimum atomic E-state index is 0. The van der Waals surface area contributed by atoms with E-state index in [2.05, 4.69) is 16.7 Å². The molecular weight excluding hydrogens is 360 g/mol. The number of piperidine rings is 1. The van der Waals surface area contributed by atoms with Crippen LogP contribution in [0.15, 0.2) is 48.5 Å². The number of halogens is 1. The van der Waals surface area contributed by atoms with Crippen molar-refractivity contribution in [3.8, 4) is 5.75 Å². The first-order valence-electron chi connectivity index (χ1n) is 9.46. The number of para-hydroxylation sites is 1. The quantitative estimate of drug-likeness (QED) is 0.804. The summed E-state index contributed by atoms with van der Waals surface area (Å²) in [4.78, 5) is 12.7. The van der Waals surface area contributed by atoms with Crippen LogP contribution in [0.3, 0.4) is 0 Å². The zero-order chi connectivity index (χ0) is 18.0. The first-order chi connectivity index (χ1) is 12.7. The van der Waals surface area contributed by atoms with E-state index in [0.717, 1.165) is 54.9 Å². The topological polar surface area (TPSA) is 50.4 Å². The highest BCUT2D eigenvalue weighted by atomic mass is 35.5. The van der Waals surface area contributed by atoms with Crippen LogP contribution in [0.1, 0.15) is 30.4 Å². The number of benzene rings is 2. The monoisotopic (exact) mass is 386 g/mol. The zero-order valence-corrected chi connectivity index (χ0v) is 16.5. The average Bonchev–Trinajstić information content (AvgIpc) is 3.37. The first kappa shape index (κ1) is 19.7. The van der Waals surface area contributed by atoms with Gasteiger partial charge in [0.25, 0.3) is 0 Å². The van der Waals surface area contributed by atoms with E-state index < -0.39 is 0 Å². The fourth-order valence-corrected chi connectivity index (χ4v) is 4.07. The fraction of sp³-hybridized carbons (Fsp3) is 0.409. The lowest BCUT2D eigenvalue weighted by atomic mass is 9.91. The molecule has 0 radical (unpaired) electrons. The Morgan fingerprint density at radius 2 is 1.89 bits per heavy atom. The van der Waals surface area contributed by atoms with Crippen molar-refractivity contribution in [2.45, 2.75) is 32.8 Å². The van der Waals surface area contributed by atoms with E-state index >= 15 is 0 Å². The van der Waals surface area contributed by atoms with E-state index in [4.69, 9.17) is 4.74 Å². The van der Waals surface area contributed by atoms with Gasteiger partial charge >= 0.3 is 0 Å². The summed E-state index contributed by atoms with van der Waals surface area (Å²) < 4.78 is 5.86. The molecule has 4 nitrogen and oxygen atoms in total. The molecule has 0 aromatic heterocycles. The number of carbonyl (C=O) groups excluding carboxylic acids is 1. The smallest absolute Gasteiger partial charge is 0.228 e. The third kappa shape index (κ3) is 4.28. The van der Waals surface area contributed by atoms with Crippen molar-refractivity contribution in [1.29, 1.82) is 0 Å².